The summed E-state index contributed by atoms with van der Waals surface area (Å²) in [6, 6.07) is 0. The Morgan fingerprint density at radius 1 is 1.15 bits per heavy atom. The summed E-state index contributed by atoms with van der Waals surface area (Å²) < 4.78 is 11.0. The van der Waals surface area contributed by atoms with Gasteiger partial charge >= 0.3 is 0 Å². The second-order valence-corrected chi connectivity index (χ2v) is 4.41. The van der Waals surface area contributed by atoms with Crippen LogP contribution in [0.4, 0.5) is 0 Å². The molecule has 0 aromatic carbocycles. The molecule has 0 spiro atoms. The van der Waals surface area contributed by atoms with Crippen LogP contribution in [0.15, 0.2) is 59.9 Å². The SMILES string of the molecule is C=CCCOC(/C=C\COCC/C=C(Cl)\C=C/C)=C/C. The predicted octanol–water partition coefficient (Wildman–Crippen LogP) is 5.14. The van der Waals surface area contributed by atoms with E-state index in [1.54, 1.807) is 0 Å². The van der Waals surface area contributed by atoms with Crippen molar-refractivity contribution in [3.05, 3.63) is 59.9 Å². The summed E-state index contributed by atoms with van der Waals surface area (Å²) in [5, 5.41) is 0.749. The van der Waals surface area contributed by atoms with Crippen LogP contribution in [0, 0.1) is 0 Å². The summed E-state index contributed by atoms with van der Waals surface area (Å²) in [6.45, 7) is 9.42. The number of hydrogen-bond donors (Lipinski definition) is 0. The fourth-order valence-electron chi connectivity index (χ4n) is 1.31. The molecule has 0 aromatic rings. The van der Waals surface area contributed by atoms with E-state index in [4.69, 9.17) is 21.1 Å². The van der Waals surface area contributed by atoms with Crippen molar-refractivity contribution in [2.75, 3.05) is 19.8 Å². The quantitative estimate of drug-likeness (QED) is 0.227. The van der Waals surface area contributed by atoms with Gasteiger partial charge in [0.15, 0.2) is 0 Å². The van der Waals surface area contributed by atoms with E-state index in [1.165, 1.54) is 0 Å². The molecule has 0 radical (unpaired) electrons. The zero-order valence-electron chi connectivity index (χ0n) is 12.5. The third kappa shape index (κ3) is 11.8. The van der Waals surface area contributed by atoms with Gasteiger partial charge in [-0.25, -0.2) is 0 Å². The molecular weight excluding hydrogens is 272 g/mol. The highest BCUT2D eigenvalue weighted by Gasteiger charge is 1.90. The minimum atomic E-state index is 0.567. The van der Waals surface area contributed by atoms with E-state index in [1.807, 2.05) is 56.4 Å². The average Bonchev–Trinajstić information content (AvgIpc) is 2.44. The highest BCUT2D eigenvalue weighted by molar-refractivity contribution is 6.31. The monoisotopic (exact) mass is 296 g/mol. The van der Waals surface area contributed by atoms with Crippen LogP contribution in [-0.2, 0) is 9.47 Å². The molecule has 0 rings (SSSR count). The van der Waals surface area contributed by atoms with Crippen molar-refractivity contribution in [1.29, 1.82) is 0 Å². The van der Waals surface area contributed by atoms with Crippen molar-refractivity contribution in [2.45, 2.75) is 26.7 Å². The van der Waals surface area contributed by atoms with Crippen molar-refractivity contribution < 1.29 is 9.47 Å². The maximum Gasteiger partial charge on any atom is 0.114 e. The lowest BCUT2D eigenvalue weighted by Gasteiger charge is -2.04. The maximum absolute atomic E-state index is 5.92. The summed E-state index contributed by atoms with van der Waals surface area (Å²) in [7, 11) is 0. The zero-order valence-corrected chi connectivity index (χ0v) is 13.2. The van der Waals surface area contributed by atoms with Gasteiger partial charge in [-0.3, -0.25) is 0 Å². The van der Waals surface area contributed by atoms with Crippen molar-refractivity contribution >= 4 is 11.6 Å². The number of halogens is 1. The number of hydrogen-bond acceptors (Lipinski definition) is 2. The third-order valence-electron chi connectivity index (χ3n) is 2.30. The molecule has 0 aliphatic carbocycles. The van der Waals surface area contributed by atoms with Crippen LogP contribution >= 0.6 is 11.6 Å². The normalized spacial score (nSPS) is 13.3. The van der Waals surface area contributed by atoms with Crippen molar-refractivity contribution in [3.63, 3.8) is 0 Å². The largest absolute Gasteiger partial charge is 0.494 e. The second-order valence-electron chi connectivity index (χ2n) is 3.97. The molecule has 0 saturated carbocycles. The molecule has 2 nitrogen and oxygen atoms in total. The molecule has 0 bridgehead atoms. The van der Waals surface area contributed by atoms with Gasteiger partial charge in [-0.05, 0) is 44.9 Å². The highest BCUT2D eigenvalue weighted by atomic mass is 35.5. The van der Waals surface area contributed by atoms with E-state index in [9.17, 15) is 0 Å². The van der Waals surface area contributed by atoms with Gasteiger partial charge in [0, 0.05) is 5.03 Å². The third-order valence-corrected chi connectivity index (χ3v) is 2.58. The first-order valence-corrected chi connectivity index (χ1v) is 7.25. The lowest BCUT2D eigenvalue weighted by atomic mass is 10.3. The molecule has 0 N–H and O–H groups in total. The van der Waals surface area contributed by atoms with Crippen molar-refractivity contribution in [2.24, 2.45) is 0 Å². The minimum Gasteiger partial charge on any atom is -0.494 e. The van der Waals surface area contributed by atoms with Crippen LogP contribution in [0.1, 0.15) is 26.7 Å². The Labute approximate surface area is 128 Å². The van der Waals surface area contributed by atoms with Gasteiger partial charge in [-0.1, -0.05) is 35.9 Å². The molecule has 0 aliphatic heterocycles. The topological polar surface area (TPSA) is 18.5 Å². The van der Waals surface area contributed by atoms with E-state index in [2.05, 4.69) is 6.58 Å². The Balaban J connectivity index is 3.74. The highest BCUT2D eigenvalue weighted by Crippen LogP contribution is 2.04. The molecule has 0 atom stereocenters. The summed E-state index contributed by atoms with van der Waals surface area (Å²) in [5.74, 6) is 0.853. The maximum atomic E-state index is 5.92. The molecule has 0 unspecified atom stereocenters. The number of allylic oxidation sites excluding steroid dienone is 5. The van der Waals surface area contributed by atoms with E-state index < -0.39 is 0 Å². The summed E-state index contributed by atoms with van der Waals surface area (Å²) in [6.07, 6.45) is 15.0. The molecule has 0 heterocycles. The van der Waals surface area contributed by atoms with Gasteiger partial charge in [0.25, 0.3) is 0 Å². The molecule has 0 saturated heterocycles. The first-order chi connectivity index (χ1) is 9.74. The van der Waals surface area contributed by atoms with Gasteiger partial charge in [0.2, 0.25) is 0 Å². The van der Waals surface area contributed by atoms with Gasteiger partial charge in [-0.15, -0.1) is 6.58 Å². The average molecular weight is 297 g/mol. The minimum absolute atomic E-state index is 0.567. The predicted molar refractivity (Wildman–Crippen MR) is 87.8 cm³/mol. The van der Waals surface area contributed by atoms with E-state index >= 15 is 0 Å². The molecule has 20 heavy (non-hydrogen) atoms. The summed E-state index contributed by atoms with van der Waals surface area (Å²) in [5.41, 5.74) is 0. The van der Waals surface area contributed by atoms with Crippen LogP contribution in [0.3, 0.4) is 0 Å². The molecule has 0 aliphatic rings. The Kier molecular flexibility index (Phi) is 13.3. The van der Waals surface area contributed by atoms with Crippen LogP contribution in [-0.4, -0.2) is 19.8 Å². The molecular formula is C17H25ClO2. The molecule has 0 aromatic heterocycles. The standard InChI is InChI=1S/C17H25ClO2/c1-4-7-15-20-17(6-3)12-9-14-19-13-8-11-16(18)10-5-2/h4-6,9-12H,1,7-8,13-15H2,2-3H3/b10-5-,12-9-,16-11+,17-6+. The van der Waals surface area contributed by atoms with Crippen LogP contribution < -0.4 is 0 Å². The van der Waals surface area contributed by atoms with Crippen LogP contribution in [0.25, 0.3) is 0 Å². The van der Waals surface area contributed by atoms with Gasteiger partial charge in [0.1, 0.15) is 5.76 Å². The zero-order chi connectivity index (χ0) is 15.1. The lowest BCUT2D eigenvalue weighted by Crippen LogP contribution is -1.94. The molecule has 112 valence electrons. The Morgan fingerprint density at radius 2 is 1.95 bits per heavy atom. The van der Waals surface area contributed by atoms with E-state index in [0.29, 0.717) is 19.8 Å². The summed E-state index contributed by atoms with van der Waals surface area (Å²) in [4.78, 5) is 0. The fraction of sp³-hybridized carbons (Fsp3) is 0.412. The second kappa shape index (κ2) is 14.2. The fourth-order valence-corrected chi connectivity index (χ4v) is 1.55. The van der Waals surface area contributed by atoms with Gasteiger partial charge in [0.05, 0.1) is 19.8 Å². The number of rotatable bonds is 11. The van der Waals surface area contributed by atoms with Gasteiger partial charge < -0.3 is 9.47 Å². The summed E-state index contributed by atoms with van der Waals surface area (Å²) >= 11 is 5.92. The van der Waals surface area contributed by atoms with Gasteiger partial charge in [-0.2, -0.15) is 0 Å². The molecule has 3 heteroatoms. The Morgan fingerprint density at radius 3 is 2.60 bits per heavy atom. The smallest absolute Gasteiger partial charge is 0.114 e. The first kappa shape index (κ1) is 18.8. The van der Waals surface area contributed by atoms with Crippen molar-refractivity contribution in [3.8, 4) is 0 Å². The van der Waals surface area contributed by atoms with E-state index in [0.717, 1.165) is 23.6 Å². The molecule has 0 fully saturated rings. The number of ether oxygens (including phenoxy) is 2. The van der Waals surface area contributed by atoms with Crippen LogP contribution in [0.2, 0.25) is 0 Å². The van der Waals surface area contributed by atoms with Crippen LogP contribution in [0.5, 0.6) is 0 Å². The lowest BCUT2D eigenvalue weighted by molar-refractivity contribution is 0.167. The Hall–Kier alpha value is -1.25. The van der Waals surface area contributed by atoms with E-state index in [-0.39, 0.29) is 0 Å². The first-order valence-electron chi connectivity index (χ1n) is 6.87. The Bertz CT molecular complexity index is 365. The van der Waals surface area contributed by atoms with Crippen molar-refractivity contribution in [1.82, 2.24) is 0 Å². The molecule has 0 amide bonds.